The number of hydrogen-bond acceptors (Lipinski definition) is 4. The van der Waals surface area contributed by atoms with Crippen LogP contribution in [0.1, 0.15) is 36.9 Å². The largest absolute Gasteiger partial charge is 0.394 e. The summed E-state index contributed by atoms with van der Waals surface area (Å²) in [5, 5.41) is 10.4. The van der Waals surface area contributed by atoms with Crippen molar-refractivity contribution in [2.45, 2.75) is 44.6 Å². The Morgan fingerprint density at radius 2 is 2.04 bits per heavy atom. The summed E-state index contributed by atoms with van der Waals surface area (Å²) in [6.07, 6.45) is 6.56. The molecule has 4 nitrogen and oxygen atoms in total. The predicted octanol–water partition coefficient (Wildman–Crippen LogP) is 3.64. The zero-order valence-electron chi connectivity index (χ0n) is 13.7. The zero-order chi connectivity index (χ0) is 16.5. The van der Waals surface area contributed by atoms with Gasteiger partial charge in [0.15, 0.2) is 5.82 Å². The third-order valence-corrected chi connectivity index (χ3v) is 5.34. The quantitative estimate of drug-likeness (QED) is 0.924. The standard InChI is InChI=1S/C19H22ClN3O/c20-14-6-3-5-13(11-14)18-21-17-9-2-1-8-16(17)19(22-18)23-10-4-7-15(23)12-24/h3,5-6,11,15,24H,1-2,4,7-10,12H2. The number of aryl methyl sites for hydroxylation is 1. The molecule has 1 aromatic carbocycles. The Kier molecular flexibility index (Phi) is 4.42. The van der Waals surface area contributed by atoms with E-state index >= 15 is 0 Å². The van der Waals surface area contributed by atoms with Gasteiger partial charge >= 0.3 is 0 Å². The van der Waals surface area contributed by atoms with Crippen molar-refractivity contribution < 1.29 is 5.11 Å². The van der Waals surface area contributed by atoms with Crippen molar-refractivity contribution in [1.29, 1.82) is 0 Å². The Hall–Kier alpha value is -1.65. The number of aliphatic hydroxyl groups is 1. The van der Waals surface area contributed by atoms with Crippen molar-refractivity contribution in [3.05, 3.63) is 40.5 Å². The number of nitrogens with zero attached hydrogens (tertiary/aromatic N) is 3. The number of rotatable bonds is 3. The van der Waals surface area contributed by atoms with E-state index in [4.69, 9.17) is 21.6 Å². The minimum absolute atomic E-state index is 0.179. The van der Waals surface area contributed by atoms with Gasteiger partial charge in [0.2, 0.25) is 0 Å². The first-order valence-corrected chi connectivity index (χ1v) is 9.17. The molecular formula is C19H22ClN3O. The maximum absolute atomic E-state index is 9.72. The van der Waals surface area contributed by atoms with E-state index in [-0.39, 0.29) is 12.6 Å². The third kappa shape index (κ3) is 2.89. The minimum Gasteiger partial charge on any atom is -0.394 e. The first-order valence-electron chi connectivity index (χ1n) is 8.79. The molecule has 1 fully saturated rings. The van der Waals surface area contributed by atoms with Crippen molar-refractivity contribution in [3.63, 3.8) is 0 Å². The van der Waals surface area contributed by atoms with E-state index in [9.17, 15) is 5.11 Å². The molecule has 2 heterocycles. The molecule has 1 atom stereocenters. The molecule has 0 bridgehead atoms. The normalized spacial score (nSPS) is 20.2. The van der Waals surface area contributed by atoms with E-state index in [0.29, 0.717) is 5.02 Å². The maximum Gasteiger partial charge on any atom is 0.161 e. The van der Waals surface area contributed by atoms with Crippen LogP contribution in [0.25, 0.3) is 11.4 Å². The summed E-state index contributed by atoms with van der Waals surface area (Å²) in [5.74, 6) is 1.78. The second kappa shape index (κ2) is 6.69. The summed E-state index contributed by atoms with van der Waals surface area (Å²) in [6.45, 7) is 1.15. The van der Waals surface area contributed by atoms with Crippen LogP contribution in [-0.4, -0.2) is 34.3 Å². The summed E-state index contributed by atoms with van der Waals surface area (Å²) in [7, 11) is 0. The van der Waals surface area contributed by atoms with Gasteiger partial charge in [-0.3, -0.25) is 0 Å². The van der Waals surface area contributed by atoms with E-state index < -0.39 is 0 Å². The number of anilines is 1. The van der Waals surface area contributed by atoms with Crippen LogP contribution in [0.3, 0.4) is 0 Å². The van der Waals surface area contributed by atoms with Gasteiger partial charge in [-0.1, -0.05) is 23.7 Å². The van der Waals surface area contributed by atoms with Crippen LogP contribution in [0.5, 0.6) is 0 Å². The summed E-state index contributed by atoms with van der Waals surface area (Å²) in [4.78, 5) is 12.1. The first kappa shape index (κ1) is 15.9. The summed E-state index contributed by atoms with van der Waals surface area (Å²) in [6, 6.07) is 7.91. The lowest BCUT2D eigenvalue weighted by atomic mass is 9.95. The van der Waals surface area contributed by atoms with Crippen molar-refractivity contribution in [2.75, 3.05) is 18.1 Å². The number of halogens is 1. The monoisotopic (exact) mass is 343 g/mol. The molecule has 0 saturated carbocycles. The van der Waals surface area contributed by atoms with Crippen molar-refractivity contribution in [1.82, 2.24) is 9.97 Å². The van der Waals surface area contributed by atoms with Crippen LogP contribution in [-0.2, 0) is 12.8 Å². The zero-order valence-corrected chi connectivity index (χ0v) is 14.5. The summed E-state index contributed by atoms with van der Waals surface area (Å²) >= 11 is 6.15. The molecule has 1 saturated heterocycles. The highest BCUT2D eigenvalue weighted by molar-refractivity contribution is 6.30. The van der Waals surface area contributed by atoms with Gasteiger partial charge in [-0.25, -0.2) is 9.97 Å². The van der Waals surface area contributed by atoms with Gasteiger partial charge in [-0.05, 0) is 50.7 Å². The van der Waals surface area contributed by atoms with E-state index in [0.717, 1.165) is 49.4 Å². The lowest BCUT2D eigenvalue weighted by molar-refractivity contribution is 0.266. The predicted molar refractivity (Wildman–Crippen MR) is 96.6 cm³/mol. The van der Waals surface area contributed by atoms with Crippen molar-refractivity contribution >= 4 is 17.4 Å². The van der Waals surface area contributed by atoms with Crippen LogP contribution in [0.2, 0.25) is 5.02 Å². The topological polar surface area (TPSA) is 49.2 Å². The maximum atomic E-state index is 9.72. The summed E-state index contributed by atoms with van der Waals surface area (Å²) < 4.78 is 0. The smallest absolute Gasteiger partial charge is 0.161 e. The Bertz CT molecular complexity index is 749. The molecule has 4 rings (SSSR count). The van der Waals surface area contributed by atoms with Gasteiger partial charge in [0.1, 0.15) is 5.82 Å². The molecule has 2 aliphatic rings. The number of aromatic nitrogens is 2. The molecule has 1 aromatic heterocycles. The van der Waals surface area contributed by atoms with Crippen molar-refractivity contribution in [2.24, 2.45) is 0 Å². The second-order valence-corrected chi connectivity index (χ2v) is 7.12. The van der Waals surface area contributed by atoms with Gasteiger partial charge in [-0.2, -0.15) is 0 Å². The molecule has 0 spiro atoms. The van der Waals surface area contributed by atoms with Crippen LogP contribution in [0.4, 0.5) is 5.82 Å². The van der Waals surface area contributed by atoms with Crippen LogP contribution in [0.15, 0.2) is 24.3 Å². The SMILES string of the molecule is OCC1CCCN1c1nc(-c2cccc(Cl)c2)nc2c1CCCC2. The lowest BCUT2D eigenvalue weighted by Gasteiger charge is -2.29. The Balaban J connectivity index is 1.83. The number of benzene rings is 1. The molecule has 0 radical (unpaired) electrons. The molecular weight excluding hydrogens is 322 g/mol. The van der Waals surface area contributed by atoms with Gasteiger partial charge in [0.05, 0.1) is 12.6 Å². The molecule has 1 aliphatic heterocycles. The van der Waals surface area contributed by atoms with Gasteiger partial charge in [0, 0.05) is 28.4 Å². The Morgan fingerprint density at radius 1 is 1.17 bits per heavy atom. The molecule has 24 heavy (non-hydrogen) atoms. The minimum atomic E-state index is 0.179. The fraction of sp³-hybridized carbons (Fsp3) is 0.474. The van der Waals surface area contributed by atoms with E-state index in [2.05, 4.69) is 4.90 Å². The molecule has 126 valence electrons. The number of aliphatic hydroxyl groups excluding tert-OH is 1. The molecule has 1 unspecified atom stereocenters. The highest BCUT2D eigenvalue weighted by Gasteiger charge is 2.29. The third-order valence-electron chi connectivity index (χ3n) is 5.10. The molecule has 2 aromatic rings. The fourth-order valence-electron chi connectivity index (χ4n) is 3.87. The molecule has 1 N–H and O–H groups in total. The first-order chi connectivity index (χ1) is 11.8. The van der Waals surface area contributed by atoms with Crippen molar-refractivity contribution in [3.8, 4) is 11.4 Å². The second-order valence-electron chi connectivity index (χ2n) is 6.69. The summed E-state index contributed by atoms with van der Waals surface area (Å²) in [5.41, 5.74) is 3.41. The van der Waals surface area contributed by atoms with Gasteiger partial charge in [-0.15, -0.1) is 0 Å². The average Bonchev–Trinajstić information content (AvgIpc) is 3.09. The molecule has 5 heteroatoms. The molecule has 0 amide bonds. The van der Waals surface area contributed by atoms with Gasteiger partial charge < -0.3 is 10.0 Å². The van der Waals surface area contributed by atoms with E-state index in [1.807, 2.05) is 24.3 Å². The number of fused-ring (bicyclic) bond motifs is 1. The van der Waals surface area contributed by atoms with Crippen LogP contribution >= 0.6 is 11.6 Å². The Morgan fingerprint density at radius 3 is 2.88 bits per heavy atom. The Labute approximate surface area is 147 Å². The van der Waals surface area contributed by atoms with Crippen LogP contribution < -0.4 is 4.90 Å². The highest BCUT2D eigenvalue weighted by Crippen LogP contribution is 2.34. The molecule has 1 aliphatic carbocycles. The van der Waals surface area contributed by atoms with Gasteiger partial charge in [0.25, 0.3) is 0 Å². The fourth-order valence-corrected chi connectivity index (χ4v) is 4.06. The number of hydrogen-bond donors (Lipinski definition) is 1. The van der Waals surface area contributed by atoms with Crippen LogP contribution in [0, 0.1) is 0 Å². The average molecular weight is 344 g/mol. The van der Waals surface area contributed by atoms with E-state index in [1.165, 1.54) is 24.1 Å². The lowest BCUT2D eigenvalue weighted by Crippen LogP contribution is -2.34. The highest BCUT2D eigenvalue weighted by atomic mass is 35.5. The van der Waals surface area contributed by atoms with E-state index in [1.54, 1.807) is 0 Å².